The van der Waals surface area contributed by atoms with Crippen LogP contribution in [0, 0.1) is 0 Å². The average molecular weight is 340 g/mol. The van der Waals surface area contributed by atoms with Crippen LogP contribution in [0.2, 0.25) is 0 Å². The number of fused-ring (bicyclic) bond motifs is 1. The van der Waals surface area contributed by atoms with Crippen LogP contribution in [-0.4, -0.2) is 0 Å². The molecule has 2 nitrogen and oxygen atoms in total. The van der Waals surface area contributed by atoms with Crippen LogP contribution >= 0.6 is 0 Å². The molecule has 0 N–H and O–H groups in total. The molecule has 0 aliphatic heterocycles. The topological polar surface area (TPSA) is 18.5 Å². The Morgan fingerprint density at radius 2 is 1.08 bits per heavy atom. The molecule has 0 spiro atoms. The fourth-order valence-corrected chi connectivity index (χ4v) is 2.95. The monoisotopic (exact) mass is 340 g/mol. The second kappa shape index (κ2) is 7.75. The molecule has 4 rings (SSSR count). The van der Waals surface area contributed by atoms with Gasteiger partial charge >= 0.3 is 0 Å². The van der Waals surface area contributed by atoms with Crippen molar-refractivity contribution in [3.63, 3.8) is 0 Å². The molecular formula is C24H20O2. The van der Waals surface area contributed by atoms with Crippen LogP contribution in [0.25, 0.3) is 10.8 Å². The Bertz CT molecular complexity index is 979. The van der Waals surface area contributed by atoms with Crippen LogP contribution in [-0.2, 0) is 13.2 Å². The first kappa shape index (κ1) is 16.2. The third-order valence-corrected chi connectivity index (χ3v) is 4.31. The van der Waals surface area contributed by atoms with E-state index in [2.05, 4.69) is 42.5 Å². The molecule has 4 aromatic carbocycles. The van der Waals surface area contributed by atoms with E-state index in [9.17, 15) is 0 Å². The minimum Gasteiger partial charge on any atom is -0.485 e. The van der Waals surface area contributed by atoms with E-state index in [1.165, 1.54) is 0 Å². The van der Waals surface area contributed by atoms with Crippen LogP contribution < -0.4 is 9.47 Å². The standard InChI is InChI=1S/C24H20O2/c1-3-9-19(10-4-1)17-25-23-16-15-21-13-7-8-14-22(21)24(23)26-18-20-11-5-2-6-12-20/h1-16H,17-18H2. The minimum atomic E-state index is 0.510. The summed E-state index contributed by atoms with van der Waals surface area (Å²) >= 11 is 0. The first-order chi connectivity index (χ1) is 12.9. The zero-order valence-corrected chi connectivity index (χ0v) is 14.5. The summed E-state index contributed by atoms with van der Waals surface area (Å²) in [7, 11) is 0. The van der Waals surface area contributed by atoms with Gasteiger partial charge in [0, 0.05) is 5.39 Å². The molecular weight excluding hydrogens is 320 g/mol. The first-order valence-corrected chi connectivity index (χ1v) is 8.75. The van der Waals surface area contributed by atoms with Crippen molar-refractivity contribution in [3.05, 3.63) is 108 Å². The molecule has 0 saturated carbocycles. The number of ether oxygens (including phenoxy) is 2. The zero-order chi connectivity index (χ0) is 17.6. The van der Waals surface area contributed by atoms with Crippen molar-refractivity contribution in [1.29, 1.82) is 0 Å². The lowest BCUT2D eigenvalue weighted by Gasteiger charge is -2.15. The maximum absolute atomic E-state index is 6.20. The predicted octanol–water partition coefficient (Wildman–Crippen LogP) is 6.00. The third kappa shape index (κ3) is 3.70. The Morgan fingerprint density at radius 1 is 0.500 bits per heavy atom. The Balaban J connectivity index is 1.63. The molecule has 26 heavy (non-hydrogen) atoms. The lowest BCUT2D eigenvalue weighted by Crippen LogP contribution is -2.01. The maximum atomic E-state index is 6.20. The van der Waals surface area contributed by atoms with Crippen LogP contribution in [0.4, 0.5) is 0 Å². The summed E-state index contributed by atoms with van der Waals surface area (Å²) < 4.78 is 12.3. The van der Waals surface area contributed by atoms with Gasteiger partial charge in [-0.3, -0.25) is 0 Å². The summed E-state index contributed by atoms with van der Waals surface area (Å²) in [6, 6.07) is 32.6. The number of hydrogen-bond acceptors (Lipinski definition) is 2. The van der Waals surface area contributed by atoms with E-state index in [0.717, 1.165) is 33.4 Å². The minimum absolute atomic E-state index is 0.510. The lowest BCUT2D eigenvalue weighted by molar-refractivity contribution is 0.259. The van der Waals surface area contributed by atoms with Crippen molar-refractivity contribution < 1.29 is 9.47 Å². The van der Waals surface area contributed by atoms with Gasteiger partial charge in [-0.05, 0) is 22.6 Å². The first-order valence-electron chi connectivity index (χ1n) is 8.75. The van der Waals surface area contributed by atoms with Crippen molar-refractivity contribution in [2.45, 2.75) is 13.2 Å². The van der Waals surface area contributed by atoms with Gasteiger partial charge in [0.05, 0.1) is 0 Å². The van der Waals surface area contributed by atoms with Crippen LogP contribution in [0.3, 0.4) is 0 Å². The van der Waals surface area contributed by atoms with Crippen molar-refractivity contribution in [2.75, 3.05) is 0 Å². The second-order valence-corrected chi connectivity index (χ2v) is 6.16. The Morgan fingerprint density at radius 3 is 1.77 bits per heavy atom. The van der Waals surface area contributed by atoms with E-state index in [-0.39, 0.29) is 0 Å². The number of rotatable bonds is 6. The van der Waals surface area contributed by atoms with Gasteiger partial charge in [-0.1, -0.05) is 91.0 Å². The van der Waals surface area contributed by atoms with Crippen molar-refractivity contribution >= 4 is 10.8 Å². The molecule has 0 aromatic heterocycles. The van der Waals surface area contributed by atoms with Gasteiger partial charge in [0.25, 0.3) is 0 Å². The Hall–Kier alpha value is -3.26. The van der Waals surface area contributed by atoms with Gasteiger partial charge in [-0.15, -0.1) is 0 Å². The van der Waals surface area contributed by atoms with E-state index in [4.69, 9.17) is 9.47 Å². The molecule has 0 bridgehead atoms. The molecule has 0 atom stereocenters. The fraction of sp³-hybridized carbons (Fsp3) is 0.0833. The highest BCUT2D eigenvalue weighted by Crippen LogP contribution is 2.36. The van der Waals surface area contributed by atoms with Crippen molar-refractivity contribution in [2.24, 2.45) is 0 Å². The molecule has 4 aromatic rings. The summed E-state index contributed by atoms with van der Waals surface area (Å²) in [6.45, 7) is 1.03. The number of hydrogen-bond donors (Lipinski definition) is 0. The highest BCUT2D eigenvalue weighted by Gasteiger charge is 2.11. The van der Waals surface area contributed by atoms with Crippen molar-refractivity contribution in [1.82, 2.24) is 0 Å². The van der Waals surface area contributed by atoms with E-state index in [1.54, 1.807) is 0 Å². The van der Waals surface area contributed by atoms with Gasteiger partial charge < -0.3 is 9.47 Å². The Kier molecular flexibility index (Phi) is 4.83. The smallest absolute Gasteiger partial charge is 0.169 e. The summed E-state index contributed by atoms with van der Waals surface area (Å²) in [5.74, 6) is 1.56. The van der Waals surface area contributed by atoms with Gasteiger partial charge in [0.1, 0.15) is 13.2 Å². The molecule has 0 saturated heterocycles. The Labute approximate surface area is 153 Å². The largest absolute Gasteiger partial charge is 0.485 e. The van der Waals surface area contributed by atoms with Crippen LogP contribution in [0.5, 0.6) is 11.5 Å². The van der Waals surface area contributed by atoms with Crippen molar-refractivity contribution in [3.8, 4) is 11.5 Å². The van der Waals surface area contributed by atoms with Gasteiger partial charge in [-0.2, -0.15) is 0 Å². The van der Waals surface area contributed by atoms with Crippen LogP contribution in [0.15, 0.2) is 97.1 Å². The molecule has 0 fully saturated rings. The molecule has 128 valence electrons. The third-order valence-electron chi connectivity index (χ3n) is 4.31. The van der Waals surface area contributed by atoms with E-state index >= 15 is 0 Å². The zero-order valence-electron chi connectivity index (χ0n) is 14.5. The highest BCUT2D eigenvalue weighted by molar-refractivity contribution is 5.90. The lowest BCUT2D eigenvalue weighted by atomic mass is 10.1. The summed E-state index contributed by atoms with van der Waals surface area (Å²) in [6.07, 6.45) is 0. The van der Waals surface area contributed by atoms with E-state index in [1.807, 2.05) is 54.6 Å². The molecule has 0 aliphatic rings. The predicted molar refractivity (Wildman–Crippen MR) is 105 cm³/mol. The van der Waals surface area contributed by atoms with Crippen LogP contribution in [0.1, 0.15) is 11.1 Å². The molecule has 0 heterocycles. The van der Waals surface area contributed by atoms with Gasteiger partial charge in [0.2, 0.25) is 0 Å². The fourth-order valence-electron chi connectivity index (χ4n) is 2.95. The van der Waals surface area contributed by atoms with Gasteiger partial charge in [0.15, 0.2) is 11.5 Å². The summed E-state index contributed by atoms with van der Waals surface area (Å²) in [5.41, 5.74) is 2.27. The molecule has 0 radical (unpaired) electrons. The second-order valence-electron chi connectivity index (χ2n) is 6.16. The summed E-state index contributed by atoms with van der Waals surface area (Å²) in [5, 5.41) is 2.21. The molecule has 0 unspecified atom stereocenters. The van der Waals surface area contributed by atoms with E-state index < -0.39 is 0 Å². The van der Waals surface area contributed by atoms with E-state index in [0.29, 0.717) is 13.2 Å². The SMILES string of the molecule is c1ccc(COc2ccc3ccccc3c2OCc2ccccc2)cc1. The summed E-state index contributed by atoms with van der Waals surface area (Å²) in [4.78, 5) is 0. The number of benzene rings is 4. The molecule has 2 heteroatoms. The normalized spacial score (nSPS) is 10.6. The quantitative estimate of drug-likeness (QED) is 0.429. The molecule has 0 aliphatic carbocycles. The molecule has 0 amide bonds. The van der Waals surface area contributed by atoms with Gasteiger partial charge in [-0.25, -0.2) is 0 Å². The average Bonchev–Trinajstić information content (AvgIpc) is 2.72. The highest BCUT2D eigenvalue weighted by atomic mass is 16.5. The maximum Gasteiger partial charge on any atom is 0.169 e.